The van der Waals surface area contributed by atoms with Crippen LogP contribution in [0.2, 0.25) is 0 Å². The van der Waals surface area contributed by atoms with Gasteiger partial charge >= 0.3 is 0 Å². The first-order valence-corrected chi connectivity index (χ1v) is 8.02. The molecule has 0 fully saturated rings. The van der Waals surface area contributed by atoms with E-state index in [2.05, 4.69) is 24.1 Å². The Labute approximate surface area is 130 Å². The van der Waals surface area contributed by atoms with Crippen LogP contribution in [-0.4, -0.2) is 24.7 Å². The van der Waals surface area contributed by atoms with Crippen molar-refractivity contribution in [2.75, 3.05) is 19.8 Å². The molecule has 2 aromatic rings. The Bertz CT molecular complexity index is 557. The second-order valence-electron chi connectivity index (χ2n) is 4.71. The summed E-state index contributed by atoms with van der Waals surface area (Å²) >= 11 is 1.72. The zero-order valence-corrected chi connectivity index (χ0v) is 13.6. The molecule has 21 heavy (non-hydrogen) atoms. The molecule has 0 spiro atoms. The molecule has 0 bridgehead atoms. The summed E-state index contributed by atoms with van der Waals surface area (Å²) in [6.07, 6.45) is 1.91. The Balaban J connectivity index is 1.77. The molecule has 0 saturated heterocycles. The van der Waals surface area contributed by atoms with E-state index in [9.17, 15) is 0 Å². The molecule has 114 valence electrons. The molecule has 4 nitrogen and oxygen atoms in total. The van der Waals surface area contributed by atoms with Gasteiger partial charge in [-0.1, -0.05) is 12.1 Å². The van der Waals surface area contributed by atoms with E-state index in [4.69, 9.17) is 9.47 Å². The van der Waals surface area contributed by atoms with E-state index in [1.807, 2.05) is 37.4 Å². The summed E-state index contributed by atoms with van der Waals surface area (Å²) in [6, 6.07) is 8.00. The van der Waals surface area contributed by atoms with E-state index in [0.29, 0.717) is 13.2 Å². The maximum Gasteiger partial charge on any atom is 0.161 e. The highest BCUT2D eigenvalue weighted by atomic mass is 32.1. The fourth-order valence-corrected chi connectivity index (χ4v) is 2.74. The third-order valence-electron chi connectivity index (χ3n) is 2.97. The summed E-state index contributed by atoms with van der Waals surface area (Å²) in [5, 5.41) is 4.53. The van der Waals surface area contributed by atoms with Crippen LogP contribution < -0.4 is 14.8 Å². The van der Waals surface area contributed by atoms with E-state index in [-0.39, 0.29) is 6.04 Å². The average Bonchev–Trinajstić information content (AvgIpc) is 2.92. The van der Waals surface area contributed by atoms with Crippen LogP contribution in [0.3, 0.4) is 0 Å². The highest BCUT2D eigenvalue weighted by Crippen LogP contribution is 2.26. The van der Waals surface area contributed by atoms with Gasteiger partial charge in [0, 0.05) is 17.6 Å². The van der Waals surface area contributed by atoms with Gasteiger partial charge in [-0.2, -0.15) is 0 Å². The monoisotopic (exact) mass is 306 g/mol. The molecule has 2 rings (SSSR count). The number of thiazole rings is 1. The van der Waals surface area contributed by atoms with Gasteiger partial charge in [0.15, 0.2) is 11.5 Å². The Kier molecular flexibility index (Phi) is 6.02. The number of nitrogens with zero attached hydrogens (tertiary/aromatic N) is 1. The molecule has 1 aromatic heterocycles. The van der Waals surface area contributed by atoms with Gasteiger partial charge in [-0.25, -0.2) is 4.98 Å². The van der Waals surface area contributed by atoms with Crippen molar-refractivity contribution in [3.05, 3.63) is 40.3 Å². The van der Waals surface area contributed by atoms with Crippen molar-refractivity contribution in [3.8, 4) is 11.5 Å². The lowest BCUT2D eigenvalue weighted by Gasteiger charge is -2.14. The number of aromatic nitrogens is 1. The van der Waals surface area contributed by atoms with E-state index in [1.165, 1.54) is 4.88 Å². The Hall–Kier alpha value is -1.59. The lowest BCUT2D eigenvalue weighted by molar-refractivity contribution is 0.273. The summed E-state index contributed by atoms with van der Waals surface area (Å²) in [5.41, 5.74) is 0. The van der Waals surface area contributed by atoms with E-state index >= 15 is 0 Å². The largest absolute Gasteiger partial charge is 0.490 e. The van der Waals surface area contributed by atoms with Crippen molar-refractivity contribution in [1.29, 1.82) is 0 Å². The lowest BCUT2D eigenvalue weighted by Crippen LogP contribution is -2.24. The van der Waals surface area contributed by atoms with Gasteiger partial charge in [0.1, 0.15) is 11.6 Å². The Morgan fingerprint density at radius 3 is 2.57 bits per heavy atom. The summed E-state index contributed by atoms with van der Waals surface area (Å²) < 4.78 is 11.3. The van der Waals surface area contributed by atoms with Crippen LogP contribution in [0.5, 0.6) is 11.5 Å². The third-order valence-corrected chi connectivity index (χ3v) is 4.06. The minimum absolute atomic E-state index is 0.245. The number of ether oxygens (including phenoxy) is 2. The number of hydrogen-bond acceptors (Lipinski definition) is 5. The van der Waals surface area contributed by atoms with Gasteiger partial charge in [-0.15, -0.1) is 11.3 Å². The number of hydrogen-bond donors (Lipinski definition) is 1. The molecule has 0 aliphatic heterocycles. The predicted octanol–water partition coefficient (Wildman–Crippen LogP) is 3.58. The summed E-state index contributed by atoms with van der Waals surface area (Å²) in [7, 11) is 0. The van der Waals surface area contributed by atoms with Crippen molar-refractivity contribution < 1.29 is 9.47 Å². The minimum atomic E-state index is 0.245. The van der Waals surface area contributed by atoms with Crippen LogP contribution in [0.15, 0.2) is 30.5 Å². The molecule has 0 radical (unpaired) electrons. The van der Waals surface area contributed by atoms with Crippen molar-refractivity contribution >= 4 is 11.3 Å². The van der Waals surface area contributed by atoms with Crippen LogP contribution in [0, 0.1) is 6.92 Å². The third kappa shape index (κ3) is 4.72. The second kappa shape index (κ2) is 8.00. The van der Waals surface area contributed by atoms with E-state index < -0.39 is 0 Å². The SMILES string of the molecule is CCOc1ccccc1OCCNC(C)c1ncc(C)s1. The maximum absolute atomic E-state index is 5.78. The number of nitrogens with one attached hydrogen (secondary N) is 1. The van der Waals surface area contributed by atoms with E-state index in [0.717, 1.165) is 23.1 Å². The fourth-order valence-electron chi connectivity index (χ4n) is 1.94. The summed E-state index contributed by atoms with van der Waals surface area (Å²) in [5.74, 6) is 1.59. The minimum Gasteiger partial charge on any atom is -0.490 e. The normalized spacial score (nSPS) is 12.1. The van der Waals surface area contributed by atoms with Gasteiger partial charge in [0.05, 0.1) is 12.6 Å². The average molecular weight is 306 g/mol. The first-order chi connectivity index (χ1) is 10.2. The van der Waals surface area contributed by atoms with Crippen LogP contribution in [0.25, 0.3) is 0 Å². The lowest BCUT2D eigenvalue weighted by atomic mass is 10.3. The first kappa shape index (κ1) is 15.8. The number of benzene rings is 1. The molecule has 1 aromatic carbocycles. The molecule has 1 heterocycles. The van der Waals surface area contributed by atoms with Crippen molar-refractivity contribution in [1.82, 2.24) is 10.3 Å². The van der Waals surface area contributed by atoms with Crippen LogP contribution in [0.1, 0.15) is 29.8 Å². The molecular formula is C16H22N2O2S. The van der Waals surface area contributed by atoms with Gasteiger partial charge in [-0.3, -0.25) is 0 Å². The molecule has 0 amide bonds. The topological polar surface area (TPSA) is 43.4 Å². The molecule has 0 aliphatic carbocycles. The Morgan fingerprint density at radius 1 is 1.24 bits per heavy atom. The molecule has 1 atom stereocenters. The zero-order chi connectivity index (χ0) is 15.1. The molecule has 0 saturated carbocycles. The highest BCUT2D eigenvalue weighted by molar-refractivity contribution is 7.11. The zero-order valence-electron chi connectivity index (χ0n) is 12.8. The van der Waals surface area contributed by atoms with Gasteiger partial charge in [0.2, 0.25) is 0 Å². The summed E-state index contributed by atoms with van der Waals surface area (Å²) in [4.78, 5) is 5.62. The van der Waals surface area contributed by atoms with Crippen molar-refractivity contribution in [2.24, 2.45) is 0 Å². The number of para-hydroxylation sites is 2. The molecular weight excluding hydrogens is 284 g/mol. The number of aryl methyl sites for hydroxylation is 1. The van der Waals surface area contributed by atoms with Crippen LogP contribution in [0.4, 0.5) is 0 Å². The maximum atomic E-state index is 5.78. The van der Waals surface area contributed by atoms with Gasteiger partial charge < -0.3 is 14.8 Å². The fraction of sp³-hybridized carbons (Fsp3) is 0.438. The molecule has 0 aliphatic rings. The standard InChI is InChI=1S/C16H22N2O2S/c1-4-19-14-7-5-6-8-15(14)20-10-9-17-13(3)16-18-11-12(2)21-16/h5-8,11,13,17H,4,9-10H2,1-3H3. The number of rotatable bonds is 8. The van der Waals surface area contributed by atoms with Crippen molar-refractivity contribution in [3.63, 3.8) is 0 Å². The van der Waals surface area contributed by atoms with Gasteiger partial charge in [0.25, 0.3) is 0 Å². The molecule has 1 N–H and O–H groups in total. The van der Waals surface area contributed by atoms with Gasteiger partial charge in [-0.05, 0) is 32.9 Å². The molecule has 5 heteroatoms. The summed E-state index contributed by atoms with van der Waals surface area (Å²) in [6.45, 7) is 8.15. The van der Waals surface area contributed by atoms with Crippen LogP contribution in [-0.2, 0) is 0 Å². The predicted molar refractivity (Wildman–Crippen MR) is 86.4 cm³/mol. The highest BCUT2D eigenvalue weighted by Gasteiger charge is 2.09. The molecule has 1 unspecified atom stereocenters. The quantitative estimate of drug-likeness (QED) is 0.757. The second-order valence-corrected chi connectivity index (χ2v) is 5.98. The van der Waals surface area contributed by atoms with Crippen LogP contribution >= 0.6 is 11.3 Å². The smallest absolute Gasteiger partial charge is 0.161 e. The first-order valence-electron chi connectivity index (χ1n) is 7.21. The Morgan fingerprint density at radius 2 is 1.95 bits per heavy atom. The van der Waals surface area contributed by atoms with Crippen molar-refractivity contribution in [2.45, 2.75) is 26.8 Å². The van der Waals surface area contributed by atoms with E-state index in [1.54, 1.807) is 11.3 Å².